The molecule has 0 aromatic carbocycles. The van der Waals surface area contributed by atoms with Crippen LogP contribution in [-0.2, 0) is 23.8 Å². The molecule has 0 aromatic heterocycles. The van der Waals surface area contributed by atoms with Crippen molar-refractivity contribution >= 4 is 11.8 Å². The molecule has 7 nitrogen and oxygen atoms in total. The summed E-state index contributed by atoms with van der Waals surface area (Å²) in [5.74, 6) is 0.883. The van der Waals surface area contributed by atoms with Crippen LogP contribution in [0.2, 0.25) is 0 Å². The largest absolute Gasteiger partial charge is 0.459 e. The minimum Gasteiger partial charge on any atom is -0.459 e. The Kier molecular flexibility index (Phi) is 5.45. The molecule has 4 saturated carbocycles. The quantitative estimate of drug-likeness (QED) is 0.449. The van der Waals surface area contributed by atoms with Crippen LogP contribution in [0.15, 0.2) is 0 Å². The molecule has 6 aliphatic rings. The Hall–Kier alpha value is -1.02. The molecule has 0 aromatic rings. The highest BCUT2D eigenvalue weighted by Crippen LogP contribution is 2.74. The monoisotopic (exact) mass is 504 g/mol. The number of hydrogen-bond donors (Lipinski definition) is 2. The van der Waals surface area contributed by atoms with Gasteiger partial charge in [0.1, 0.15) is 29.2 Å². The summed E-state index contributed by atoms with van der Waals surface area (Å²) < 4.78 is 17.7. The van der Waals surface area contributed by atoms with Crippen LogP contribution in [0.3, 0.4) is 0 Å². The van der Waals surface area contributed by atoms with Crippen LogP contribution in [0.1, 0.15) is 79.6 Å². The standard InChI is InChI=1S/C29H44O7/c1-14-11-22(35-25(32)15(14)2)28(5,33)20-8-7-17-16-12-23-29(36-23)24(31)19(34-6)13-21(30)27(29,4)18(16)9-10-26(17,20)3/h14-20,22-24,31,33H,7-13H2,1-6H3. The summed E-state index contributed by atoms with van der Waals surface area (Å²) in [6.45, 7) is 10.3. The van der Waals surface area contributed by atoms with Crippen LogP contribution < -0.4 is 0 Å². The van der Waals surface area contributed by atoms with Crippen molar-refractivity contribution in [2.75, 3.05) is 7.11 Å². The predicted molar refractivity (Wildman–Crippen MR) is 131 cm³/mol. The molecule has 2 aliphatic heterocycles. The molecule has 202 valence electrons. The molecule has 0 amide bonds. The van der Waals surface area contributed by atoms with Gasteiger partial charge in [0.15, 0.2) is 0 Å². The number of fused-ring (bicyclic) bond motifs is 4. The highest BCUT2D eigenvalue weighted by molar-refractivity contribution is 5.89. The first-order valence-corrected chi connectivity index (χ1v) is 14.2. The fourth-order valence-corrected chi connectivity index (χ4v) is 10.4. The van der Waals surface area contributed by atoms with E-state index in [4.69, 9.17) is 14.2 Å². The number of epoxide rings is 1. The van der Waals surface area contributed by atoms with Crippen LogP contribution in [0.4, 0.5) is 0 Å². The summed E-state index contributed by atoms with van der Waals surface area (Å²) >= 11 is 0. The van der Waals surface area contributed by atoms with Gasteiger partial charge >= 0.3 is 5.97 Å². The number of aliphatic hydroxyl groups excluding tert-OH is 1. The fraction of sp³-hybridized carbons (Fsp3) is 0.931. The van der Waals surface area contributed by atoms with Gasteiger partial charge in [-0.15, -0.1) is 0 Å². The lowest BCUT2D eigenvalue weighted by molar-refractivity contribution is -0.205. The number of methoxy groups -OCH3 is 1. The van der Waals surface area contributed by atoms with Crippen LogP contribution >= 0.6 is 0 Å². The van der Waals surface area contributed by atoms with E-state index in [0.717, 1.165) is 32.1 Å². The van der Waals surface area contributed by atoms with Gasteiger partial charge in [0.25, 0.3) is 0 Å². The fourth-order valence-electron chi connectivity index (χ4n) is 10.4. The number of carbonyl (C=O) groups is 2. The molecule has 0 bridgehead atoms. The van der Waals surface area contributed by atoms with Crippen LogP contribution in [0.5, 0.6) is 0 Å². The summed E-state index contributed by atoms with van der Waals surface area (Å²) in [4.78, 5) is 26.2. The summed E-state index contributed by atoms with van der Waals surface area (Å²) in [5.41, 5.74) is -2.71. The van der Waals surface area contributed by atoms with Gasteiger partial charge in [0, 0.05) is 13.5 Å². The number of cyclic esters (lactones) is 1. The first kappa shape index (κ1) is 25.3. The second kappa shape index (κ2) is 7.77. The van der Waals surface area contributed by atoms with Crippen molar-refractivity contribution in [2.45, 2.75) is 115 Å². The van der Waals surface area contributed by atoms with Gasteiger partial charge in [0.2, 0.25) is 0 Å². The number of ketones is 1. The van der Waals surface area contributed by atoms with Gasteiger partial charge in [-0.05, 0) is 87.4 Å². The van der Waals surface area contributed by atoms with Crippen molar-refractivity contribution in [3.63, 3.8) is 0 Å². The molecule has 7 heteroatoms. The van der Waals surface area contributed by atoms with Crippen molar-refractivity contribution in [1.82, 2.24) is 0 Å². The van der Waals surface area contributed by atoms with E-state index >= 15 is 0 Å². The zero-order valence-electron chi connectivity index (χ0n) is 22.7. The Balaban J connectivity index is 1.29. The van der Waals surface area contributed by atoms with Crippen molar-refractivity contribution < 1.29 is 34.0 Å². The zero-order chi connectivity index (χ0) is 26.0. The smallest absolute Gasteiger partial charge is 0.309 e. The lowest BCUT2D eigenvalue weighted by Gasteiger charge is -2.60. The Morgan fingerprint density at radius 1 is 1.08 bits per heavy atom. The minimum atomic E-state index is -1.10. The zero-order valence-corrected chi connectivity index (χ0v) is 22.7. The summed E-state index contributed by atoms with van der Waals surface area (Å²) in [5, 5.41) is 23.2. The number of rotatable bonds is 3. The molecule has 14 unspecified atom stereocenters. The van der Waals surface area contributed by atoms with Crippen molar-refractivity contribution in [3.8, 4) is 0 Å². The van der Waals surface area contributed by atoms with E-state index in [0.29, 0.717) is 18.3 Å². The summed E-state index contributed by atoms with van der Waals surface area (Å²) in [6, 6.07) is 0. The second-order valence-electron chi connectivity index (χ2n) is 13.9. The highest BCUT2D eigenvalue weighted by atomic mass is 16.6. The molecule has 0 radical (unpaired) electrons. The van der Waals surface area contributed by atoms with E-state index in [1.54, 1.807) is 7.11 Å². The molecule has 4 aliphatic carbocycles. The number of Topliss-reactive ketones (excluding diaryl/α,β-unsaturated/α-hetero) is 1. The van der Waals surface area contributed by atoms with Crippen LogP contribution in [0, 0.1) is 46.3 Å². The van der Waals surface area contributed by atoms with Gasteiger partial charge in [-0.25, -0.2) is 0 Å². The van der Waals surface area contributed by atoms with Crippen molar-refractivity contribution in [1.29, 1.82) is 0 Å². The molecular formula is C29H44O7. The van der Waals surface area contributed by atoms with E-state index < -0.39 is 34.9 Å². The molecule has 6 fully saturated rings. The van der Waals surface area contributed by atoms with Crippen molar-refractivity contribution in [2.24, 2.45) is 46.3 Å². The average molecular weight is 505 g/mol. The lowest BCUT2D eigenvalue weighted by Crippen LogP contribution is -2.68. The number of aliphatic hydroxyl groups is 2. The predicted octanol–water partition coefficient (Wildman–Crippen LogP) is 3.28. The molecule has 6 rings (SSSR count). The Morgan fingerprint density at radius 2 is 1.81 bits per heavy atom. The summed E-state index contributed by atoms with van der Waals surface area (Å²) in [7, 11) is 1.56. The molecule has 36 heavy (non-hydrogen) atoms. The Bertz CT molecular complexity index is 963. The molecule has 1 spiro atoms. The van der Waals surface area contributed by atoms with E-state index in [2.05, 4.69) is 20.8 Å². The average Bonchev–Trinajstić information content (AvgIpc) is 3.45. The number of hydrogen-bond acceptors (Lipinski definition) is 7. The topological polar surface area (TPSA) is 106 Å². The van der Waals surface area contributed by atoms with Gasteiger partial charge in [0.05, 0.1) is 23.5 Å². The van der Waals surface area contributed by atoms with Gasteiger partial charge in [-0.3, -0.25) is 9.59 Å². The van der Waals surface area contributed by atoms with E-state index in [-0.39, 0.29) is 53.4 Å². The SMILES string of the molecule is COC1CC(=O)C2(C)C3CCC4(C)C(CCC4C(C)(O)C4CC(C)C(C)C(=O)O4)C3CC3OC32C1O. The first-order valence-electron chi connectivity index (χ1n) is 14.2. The Morgan fingerprint density at radius 3 is 2.47 bits per heavy atom. The molecule has 2 heterocycles. The Labute approximate surface area is 214 Å². The number of esters is 1. The minimum absolute atomic E-state index is 0.0273. The van der Waals surface area contributed by atoms with Gasteiger partial charge < -0.3 is 24.4 Å². The number of ether oxygens (including phenoxy) is 3. The summed E-state index contributed by atoms with van der Waals surface area (Å²) in [6.07, 6.45) is 3.56. The first-order chi connectivity index (χ1) is 16.8. The number of carbonyl (C=O) groups excluding carboxylic acids is 2. The lowest BCUT2D eigenvalue weighted by atomic mass is 9.43. The van der Waals surface area contributed by atoms with Crippen molar-refractivity contribution in [3.05, 3.63) is 0 Å². The maximum atomic E-state index is 13.7. The third-order valence-electron chi connectivity index (χ3n) is 12.7. The van der Waals surface area contributed by atoms with Crippen LogP contribution in [-0.4, -0.2) is 64.7 Å². The maximum Gasteiger partial charge on any atom is 0.309 e. The van der Waals surface area contributed by atoms with E-state index in [9.17, 15) is 19.8 Å². The molecule has 2 saturated heterocycles. The van der Waals surface area contributed by atoms with E-state index in [1.165, 1.54) is 0 Å². The molecular weight excluding hydrogens is 460 g/mol. The third-order valence-corrected chi connectivity index (χ3v) is 12.7. The van der Waals surface area contributed by atoms with E-state index in [1.807, 2.05) is 13.8 Å². The maximum absolute atomic E-state index is 13.7. The van der Waals surface area contributed by atoms with Gasteiger partial charge in [-0.2, -0.15) is 0 Å². The third kappa shape index (κ3) is 2.89. The highest BCUT2D eigenvalue weighted by Gasteiger charge is 2.82. The normalized spacial score (nSPS) is 57.6. The van der Waals surface area contributed by atoms with Crippen LogP contribution in [0.25, 0.3) is 0 Å². The van der Waals surface area contributed by atoms with Gasteiger partial charge in [-0.1, -0.05) is 20.8 Å². The molecule has 14 atom stereocenters. The second-order valence-corrected chi connectivity index (χ2v) is 13.9. The molecule has 2 N–H and O–H groups in total.